The number of Topliss-reactive ketones (excluding diaryl/α,β-unsaturated/α-hetero) is 4. The zero-order valence-corrected chi connectivity index (χ0v) is 6.91. The van der Waals surface area contributed by atoms with E-state index in [9.17, 15) is 19.2 Å². The maximum atomic E-state index is 11.2. The molecule has 0 amide bonds. The molecular weight excluding hydrogens is 172 g/mol. The quantitative estimate of drug-likeness (QED) is 0.379. The monoisotopic (exact) mass is 180 g/mol. The Hall–Kier alpha value is -1.32. The lowest BCUT2D eigenvalue weighted by atomic mass is 9.80. The molecular formula is C9H8O4. The van der Waals surface area contributed by atoms with Crippen LogP contribution < -0.4 is 0 Å². The number of carbonyl (C=O) groups is 4. The second-order valence-corrected chi connectivity index (χ2v) is 3.49. The number of fused-ring (bicyclic) bond motifs is 4. The van der Waals surface area contributed by atoms with Crippen molar-refractivity contribution < 1.29 is 19.2 Å². The van der Waals surface area contributed by atoms with Crippen LogP contribution in [0.1, 0.15) is 19.3 Å². The van der Waals surface area contributed by atoms with Crippen LogP contribution in [0.3, 0.4) is 0 Å². The summed E-state index contributed by atoms with van der Waals surface area (Å²) in [4.78, 5) is 45.0. The second kappa shape index (κ2) is 2.58. The van der Waals surface area contributed by atoms with Gasteiger partial charge in [-0.2, -0.15) is 0 Å². The van der Waals surface area contributed by atoms with Crippen molar-refractivity contribution in [3.63, 3.8) is 0 Å². The average molecular weight is 180 g/mol. The lowest BCUT2D eigenvalue weighted by molar-refractivity contribution is -0.154. The van der Waals surface area contributed by atoms with Crippen LogP contribution in [-0.4, -0.2) is 23.1 Å². The zero-order chi connectivity index (χ0) is 9.59. The second-order valence-electron chi connectivity index (χ2n) is 3.49. The van der Waals surface area contributed by atoms with Crippen LogP contribution in [0.15, 0.2) is 0 Å². The van der Waals surface area contributed by atoms with Gasteiger partial charge in [-0.25, -0.2) is 0 Å². The van der Waals surface area contributed by atoms with Crippen molar-refractivity contribution in [3.8, 4) is 0 Å². The molecule has 0 spiro atoms. The minimum absolute atomic E-state index is 0.367. The first-order valence-electron chi connectivity index (χ1n) is 4.29. The highest BCUT2D eigenvalue weighted by Gasteiger charge is 2.50. The average Bonchev–Trinajstić information content (AvgIpc) is 2.33. The van der Waals surface area contributed by atoms with Crippen LogP contribution >= 0.6 is 0 Å². The van der Waals surface area contributed by atoms with Crippen molar-refractivity contribution in [3.05, 3.63) is 0 Å². The fourth-order valence-electron chi connectivity index (χ4n) is 1.98. The van der Waals surface area contributed by atoms with Crippen molar-refractivity contribution in [1.82, 2.24) is 0 Å². The Morgan fingerprint density at radius 3 is 1.31 bits per heavy atom. The molecule has 13 heavy (non-hydrogen) atoms. The van der Waals surface area contributed by atoms with Gasteiger partial charge >= 0.3 is 0 Å². The van der Waals surface area contributed by atoms with Crippen LogP contribution in [0, 0.1) is 11.8 Å². The topological polar surface area (TPSA) is 68.3 Å². The molecule has 3 aliphatic rings. The SMILES string of the molecule is O=C1C(=O)C2CCCC1C(=O)C2=O. The van der Waals surface area contributed by atoms with E-state index in [1.54, 1.807) is 0 Å². The largest absolute Gasteiger partial charge is 0.290 e. The number of hydrogen-bond acceptors (Lipinski definition) is 4. The molecule has 68 valence electrons. The van der Waals surface area contributed by atoms with E-state index in [1.165, 1.54) is 0 Å². The Labute approximate surface area is 74.3 Å². The summed E-state index contributed by atoms with van der Waals surface area (Å²) in [5.41, 5.74) is 0. The highest BCUT2D eigenvalue weighted by Crippen LogP contribution is 2.30. The van der Waals surface area contributed by atoms with Gasteiger partial charge in [0.05, 0.1) is 11.8 Å². The highest BCUT2D eigenvalue weighted by molar-refractivity contribution is 6.60. The lowest BCUT2D eigenvalue weighted by Crippen LogP contribution is -2.46. The Bertz CT molecular complexity index is 269. The summed E-state index contributed by atoms with van der Waals surface area (Å²) in [6.45, 7) is 0. The van der Waals surface area contributed by atoms with E-state index in [0.717, 1.165) is 0 Å². The smallest absolute Gasteiger partial charge is 0.210 e. The van der Waals surface area contributed by atoms with Crippen molar-refractivity contribution in [2.45, 2.75) is 19.3 Å². The third-order valence-electron chi connectivity index (χ3n) is 2.74. The number of hydrogen-bond donors (Lipinski definition) is 0. The summed E-state index contributed by atoms with van der Waals surface area (Å²) >= 11 is 0. The van der Waals surface area contributed by atoms with Crippen molar-refractivity contribution in [2.24, 2.45) is 11.8 Å². The Kier molecular flexibility index (Phi) is 1.65. The minimum Gasteiger partial charge on any atom is -0.290 e. The van der Waals surface area contributed by atoms with Crippen LogP contribution in [0.2, 0.25) is 0 Å². The molecule has 0 radical (unpaired) electrons. The Balaban J connectivity index is 2.50. The summed E-state index contributed by atoms with van der Waals surface area (Å²) in [7, 11) is 0. The molecule has 3 fully saturated rings. The Morgan fingerprint density at radius 2 is 1.00 bits per heavy atom. The van der Waals surface area contributed by atoms with Crippen molar-refractivity contribution >= 4 is 23.1 Å². The molecule has 0 aromatic carbocycles. The van der Waals surface area contributed by atoms with Gasteiger partial charge in [-0.05, 0) is 12.8 Å². The third-order valence-corrected chi connectivity index (χ3v) is 2.74. The molecule has 0 atom stereocenters. The normalized spacial score (nSPS) is 33.8. The number of carbonyl (C=O) groups excluding carboxylic acids is 4. The van der Waals surface area contributed by atoms with Gasteiger partial charge in [0, 0.05) is 0 Å². The molecule has 0 aromatic rings. The first-order valence-corrected chi connectivity index (χ1v) is 4.29. The van der Waals surface area contributed by atoms with Gasteiger partial charge in [0.1, 0.15) is 0 Å². The van der Waals surface area contributed by atoms with Crippen molar-refractivity contribution in [1.29, 1.82) is 0 Å². The van der Waals surface area contributed by atoms with Crippen LogP contribution in [0.25, 0.3) is 0 Å². The summed E-state index contributed by atoms with van der Waals surface area (Å²) in [6, 6.07) is 0. The Morgan fingerprint density at radius 1 is 0.692 bits per heavy atom. The molecule has 4 heteroatoms. The van der Waals surface area contributed by atoms with Gasteiger partial charge in [0.15, 0.2) is 0 Å². The summed E-state index contributed by atoms with van der Waals surface area (Å²) in [5.74, 6) is -4.48. The minimum atomic E-state index is -0.946. The molecule has 3 saturated carbocycles. The molecule has 0 heterocycles. The van der Waals surface area contributed by atoms with E-state index in [2.05, 4.69) is 0 Å². The molecule has 0 unspecified atom stereocenters. The molecule has 4 nitrogen and oxygen atoms in total. The molecule has 3 rings (SSSR count). The molecule has 2 bridgehead atoms. The van der Waals surface area contributed by atoms with Gasteiger partial charge < -0.3 is 0 Å². The zero-order valence-electron chi connectivity index (χ0n) is 6.91. The van der Waals surface area contributed by atoms with E-state index >= 15 is 0 Å². The fourth-order valence-corrected chi connectivity index (χ4v) is 1.98. The van der Waals surface area contributed by atoms with Gasteiger partial charge in [-0.3, -0.25) is 19.2 Å². The highest BCUT2D eigenvalue weighted by atomic mass is 16.2. The molecule has 0 aromatic heterocycles. The standard InChI is InChI=1S/C9H8O4/c10-6-4-2-1-3-5(8(6)12)9(13)7(4)11/h4-5H,1-3H2. The van der Waals surface area contributed by atoms with Crippen LogP contribution in [0.5, 0.6) is 0 Å². The van der Waals surface area contributed by atoms with Gasteiger partial charge in [-0.15, -0.1) is 0 Å². The summed E-state index contributed by atoms with van der Waals surface area (Å²) < 4.78 is 0. The van der Waals surface area contributed by atoms with Gasteiger partial charge in [0.2, 0.25) is 23.1 Å². The number of rotatable bonds is 0. The van der Waals surface area contributed by atoms with E-state index in [1.807, 2.05) is 0 Å². The molecule has 3 aliphatic carbocycles. The summed E-state index contributed by atoms with van der Waals surface area (Å²) in [5, 5.41) is 0. The third kappa shape index (κ3) is 0.978. The van der Waals surface area contributed by atoms with E-state index in [4.69, 9.17) is 0 Å². The lowest BCUT2D eigenvalue weighted by Gasteiger charge is -2.17. The molecule has 0 N–H and O–H groups in total. The molecule has 0 aliphatic heterocycles. The van der Waals surface area contributed by atoms with Crippen molar-refractivity contribution in [2.75, 3.05) is 0 Å². The van der Waals surface area contributed by atoms with Gasteiger partial charge in [-0.1, -0.05) is 6.42 Å². The summed E-state index contributed by atoms with van der Waals surface area (Å²) in [6.07, 6.45) is 1.35. The predicted molar refractivity (Wildman–Crippen MR) is 40.9 cm³/mol. The first kappa shape index (κ1) is 8.29. The molecule has 0 saturated heterocycles. The first-order chi connectivity index (χ1) is 6.13. The maximum Gasteiger partial charge on any atom is 0.210 e. The maximum absolute atomic E-state index is 11.2. The van der Waals surface area contributed by atoms with Crippen LogP contribution in [0.4, 0.5) is 0 Å². The van der Waals surface area contributed by atoms with Gasteiger partial charge in [0.25, 0.3) is 0 Å². The van der Waals surface area contributed by atoms with E-state index in [-0.39, 0.29) is 0 Å². The fraction of sp³-hybridized carbons (Fsp3) is 0.556. The number of ketones is 4. The van der Waals surface area contributed by atoms with Crippen LogP contribution in [-0.2, 0) is 19.2 Å². The predicted octanol–water partition coefficient (Wildman–Crippen LogP) is -0.307. The van der Waals surface area contributed by atoms with E-state index < -0.39 is 35.0 Å². The van der Waals surface area contributed by atoms with E-state index in [0.29, 0.717) is 19.3 Å².